The molecular weight excluding hydrogens is 362 g/mol. The molecule has 0 radical (unpaired) electrons. The number of nitrogens with zero attached hydrogens (tertiary/aromatic N) is 2. The van der Waals surface area contributed by atoms with E-state index in [0.717, 1.165) is 4.90 Å². The van der Waals surface area contributed by atoms with Crippen LogP contribution in [0.4, 0.5) is 10.5 Å². The molecule has 1 aliphatic rings. The Morgan fingerprint density at radius 3 is 2.11 bits per heavy atom. The number of hydrogen-bond acceptors (Lipinski definition) is 5. The fourth-order valence-corrected chi connectivity index (χ4v) is 2.84. The van der Waals surface area contributed by atoms with Crippen LogP contribution in [-0.4, -0.2) is 52.4 Å². The Balaban J connectivity index is 1.77. The lowest BCUT2D eigenvalue weighted by Crippen LogP contribution is -2.39. The third kappa shape index (κ3) is 3.52. The fraction of sp³-hybridized carbons (Fsp3) is 0.150. The van der Waals surface area contributed by atoms with Crippen LogP contribution in [0.5, 0.6) is 0 Å². The molecule has 1 N–H and O–H groups in total. The quantitative estimate of drug-likeness (QED) is 0.467. The van der Waals surface area contributed by atoms with Crippen LogP contribution in [0, 0.1) is 0 Å². The van der Waals surface area contributed by atoms with Gasteiger partial charge >= 0.3 is 17.8 Å². The highest BCUT2D eigenvalue weighted by Gasteiger charge is 2.44. The Morgan fingerprint density at radius 1 is 0.857 bits per heavy atom. The predicted molar refractivity (Wildman–Crippen MR) is 99.4 cm³/mol. The molecule has 0 aliphatic carbocycles. The second-order valence-electron chi connectivity index (χ2n) is 6.01. The van der Waals surface area contributed by atoms with Crippen LogP contribution in [0.15, 0.2) is 54.6 Å². The third-order valence-electron chi connectivity index (χ3n) is 4.23. The smallest absolute Gasteiger partial charge is 0.324 e. The van der Waals surface area contributed by atoms with E-state index in [1.54, 1.807) is 61.5 Å². The third-order valence-corrected chi connectivity index (χ3v) is 4.23. The number of imide groups is 2. The molecule has 0 spiro atoms. The lowest BCUT2D eigenvalue weighted by molar-refractivity contribution is -0.143. The minimum absolute atomic E-state index is 0.0376. The summed E-state index contributed by atoms with van der Waals surface area (Å²) in [5, 5.41) is 2.54. The van der Waals surface area contributed by atoms with E-state index in [9.17, 15) is 24.0 Å². The van der Waals surface area contributed by atoms with E-state index in [1.165, 1.54) is 0 Å². The largest absolute Gasteiger partial charge is 0.334 e. The van der Waals surface area contributed by atoms with Crippen LogP contribution < -0.4 is 5.32 Å². The zero-order valence-electron chi connectivity index (χ0n) is 15.0. The molecular formula is C20H17N3O5. The molecule has 5 amide bonds. The van der Waals surface area contributed by atoms with Crippen LogP contribution in [0.25, 0.3) is 0 Å². The van der Waals surface area contributed by atoms with Crippen LogP contribution in [-0.2, 0) is 14.4 Å². The summed E-state index contributed by atoms with van der Waals surface area (Å²) in [5.41, 5.74) is 0.977. The minimum Gasteiger partial charge on any atom is -0.324 e. The average molecular weight is 379 g/mol. The summed E-state index contributed by atoms with van der Waals surface area (Å²) in [6, 6.07) is 14.2. The number of likely N-dealkylation sites (N-methyl/N-ethyl adjacent to an activating group) is 1. The number of carbonyl (C=O) groups is 5. The molecule has 8 heteroatoms. The Bertz CT molecular complexity index is 971. The molecule has 1 aliphatic heterocycles. The van der Waals surface area contributed by atoms with Gasteiger partial charge in [-0.25, -0.2) is 9.69 Å². The first-order chi connectivity index (χ1) is 13.4. The first kappa shape index (κ1) is 19.0. The van der Waals surface area contributed by atoms with E-state index in [0.29, 0.717) is 10.5 Å². The van der Waals surface area contributed by atoms with Gasteiger partial charge in [-0.3, -0.25) is 24.1 Å². The molecule has 28 heavy (non-hydrogen) atoms. The zero-order valence-corrected chi connectivity index (χ0v) is 15.0. The van der Waals surface area contributed by atoms with Crippen molar-refractivity contribution in [1.29, 1.82) is 0 Å². The van der Waals surface area contributed by atoms with Gasteiger partial charge in [0, 0.05) is 17.7 Å². The number of amides is 5. The maximum absolute atomic E-state index is 12.7. The number of urea groups is 1. The Morgan fingerprint density at radius 2 is 1.46 bits per heavy atom. The molecule has 3 rings (SSSR count). The van der Waals surface area contributed by atoms with Crippen molar-refractivity contribution in [2.75, 3.05) is 18.4 Å². The first-order valence-corrected chi connectivity index (χ1v) is 8.60. The van der Waals surface area contributed by atoms with Gasteiger partial charge in [-0.1, -0.05) is 42.5 Å². The first-order valence-electron chi connectivity index (χ1n) is 8.60. The number of para-hydroxylation sites is 1. The van der Waals surface area contributed by atoms with Gasteiger partial charge in [0.2, 0.25) is 5.91 Å². The van der Waals surface area contributed by atoms with Gasteiger partial charge in [-0.2, -0.15) is 0 Å². The van der Waals surface area contributed by atoms with E-state index in [4.69, 9.17) is 0 Å². The van der Waals surface area contributed by atoms with Crippen LogP contribution in [0.1, 0.15) is 22.8 Å². The van der Waals surface area contributed by atoms with Crippen molar-refractivity contribution < 1.29 is 24.0 Å². The Labute approximate surface area is 160 Å². The molecule has 1 saturated heterocycles. The number of nitrogens with one attached hydrogen (secondary N) is 1. The van der Waals surface area contributed by atoms with Crippen LogP contribution >= 0.6 is 0 Å². The standard InChI is InChI=1S/C20H17N3O5/c1-2-22-18(26)19(27)23(20(22)28)12-16(24)21-15-11-7-6-10-14(15)17(25)13-8-4-3-5-9-13/h3-11H,2,12H2,1H3,(H,21,24). The molecule has 1 heterocycles. The molecule has 2 aromatic carbocycles. The molecule has 8 nitrogen and oxygen atoms in total. The summed E-state index contributed by atoms with van der Waals surface area (Å²) in [7, 11) is 0. The predicted octanol–water partition coefficient (Wildman–Crippen LogP) is 1.67. The normalized spacial score (nSPS) is 13.8. The minimum atomic E-state index is -1.05. The Hall–Kier alpha value is -3.81. The monoisotopic (exact) mass is 379 g/mol. The van der Waals surface area contributed by atoms with Gasteiger partial charge in [0.15, 0.2) is 5.78 Å². The summed E-state index contributed by atoms with van der Waals surface area (Å²) < 4.78 is 0. The average Bonchev–Trinajstić information content (AvgIpc) is 2.91. The van der Waals surface area contributed by atoms with Gasteiger partial charge in [0.1, 0.15) is 6.54 Å². The zero-order chi connectivity index (χ0) is 20.3. The van der Waals surface area contributed by atoms with Gasteiger partial charge in [-0.05, 0) is 19.1 Å². The number of benzene rings is 2. The van der Waals surface area contributed by atoms with Crippen LogP contribution in [0.2, 0.25) is 0 Å². The van der Waals surface area contributed by atoms with Crippen molar-refractivity contribution in [3.8, 4) is 0 Å². The highest BCUT2D eigenvalue weighted by molar-refractivity contribution is 6.45. The molecule has 0 saturated carbocycles. The summed E-state index contributed by atoms with van der Waals surface area (Å²) in [6.45, 7) is 0.974. The number of hydrogen-bond donors (Lipinski definition) is 1. The number of carbonyl (C=O) groups excluding carboxylic acids is 5. The van der Waals surface area contributed by atoms with Gasteiger partial charge in [0.05, 0.1) is 5.69 Å². The van der Waals surface area contributed by atoms with Crippen molar-refractivity contribution in [3.63, 3.8) is 0 Å². The van der Waals surface area contributed by atoms with Crippen molar-refractivity contribution in [2.45, 2.75) is 6.92 Å². The Kier molecular flexibility index (Phi) is 5.30. The van der Waals surface area contributed by atoms with E-state index in [2.05, 4.69) is 5.32 Å². The van der Waals surface area contributed by atoms with E-state index in [1.807, 2.05) is 0 Å². The summed E-state index contributed by atoms with van der Waals surface area (Å²) in [5.74, 6) is -2.98. The van der Waals surface area contributed by atoms with Crippen molar-refractivity contribution in [1.82, 2.24) is 9.80 Å². The molecule has 2 aromatic rings. The molecule has 0 atom stereocenters. The van der Waals surface area contributed by atoms with Gasteiger partial charge < -0.3 is 5.32 Å². The number of ketones is 1. The van der Waals surface area contributed by atoms with Crippen LogP contribution in [0.3, 0.4) is 0 Å². The maximum atomic E-state index is 12.7. The van der Waals surface area contributed by atoms with E-state index >= 15 is 0 Å². The van der Waals surface area contributed by atoms with E-state index in [-0.39, 0.29) is 23.6 Å². The molecule has 0 unspecified atom stereocenters. The topological polar surface area (TPSA) is 104 Å². The summed E-state index contributed by atoms with van der Waals surface area (Å²) in [4.78, 5) is 62.2. The molecule has 1 fully saturated rings. The number of anilines is 1. The molecule has 0 aromatic heterocycles. The van der Waals surface area contributed by atoms with Crippen molar-refractivity contribution >= 4 is 35.2 Å². The molecule has 0 bridgehead atoms. The lowest BCUT2D eigenvalue weighted by atomic mass is 10.0. The van der Waals surface area contributed by atoms with E-state index < -0.39 is 30.3 Å². The number of rotatable bonds is 6. The highest BCUT2D eigenvalue weighted by Crippen LogP contribution is 2.20. The highest BCUT2D eigenvalue weighted by atomic mass is 16.2. The lowest BCUT2D eigenvalue weighted by Gasteiger charge is -2.15. The fourth-order valence-electron chi connectivity index (χ4n) is 2.84. The summed E-state index contributed by atoms with van der Waals surface area (Å²) in [6.07, 6.45) is 0. The SMILES string of the molecule is CCN1C(=O)C(=O)N(CC(=O)Nc2ccccc2C(=O)c2ccccc2)C1=O. The maximum Gasteiger partial charge on any atom is 0.334 e. The second-order valence-corrected chi connectivity index (χ2v) is 6.01. The van der Waals surface area contributed by atoms with Gasteiger partial charge in [-0.15, -0.1) is 0 Å². The van der Waals surface area contributed by atoms with Crippen molar-refractivity contribution in [2.24, 2.45) is 0 Å². The summed E-state index contributed by atoms with van der Waals surface area (Å²) >= 11 is 0. The van der Waals surface area contributed by atoms with Gasteiger partial charge in [0.25, 0.3) is 0 Å². The second kappa shape index (κ2) is 7.83. The van der Waals surface area contributed by atoms with Crippen molar-refractivity contribution in [3.05, 3.63) is 65.7 Å². The molecule has 142 valence electrons.